The van der Waals surface area contributed by atoms with Gasteiger partial charge in [-0.3, -0.25) is 9.59 Å². The quantitative estimate of drug-likeness (QED) is 0.831. The Morgan fingerprint density at radius 1 is 1.37 bits per heavy atom. The molecule has 1 aliphatic rings. The molecule has 19 heavy (non-hydrogen) atoms. The van der Waals surface area contributed by atoms with Gasteiger partial charge in [-0.1, -0.05) is 12.2 Å². The van der Waals surface area contributed by atoms with Gasteiger partial charge >= 0.3 is 5.97 Å². The Hall–Kier alpha value is -1.62. The van der Waals surface area contributed by atoms with Crippen molar-refractivity contribution >= 4 is 23.2 Å². The summed E-state index contributed by atoms with van der Waals surface area (Å²) in [6, 6.07) is 2.01. The molecule has 2 atom stereocenters. The lowest BCUT2D eigenvalue weighted by molar-refractivity contribution is -0.147. The first kappa shape index (κ1) is 13.8. The molecule has 0 fully saturated rings. The molecule has 0 aromatic carbocycles. The molecular weight excluding hydrogens is 262 g/mol. The highest BCUT2D eigenvalue weighted by Crippen LogP contribution is 2.26. The maximum absolute atomic E-state index is 12.1. The van der Waals surface area contributed by atoms with E-state index in [2.05, 4.69) is 5.32 Å². The van der Waals surface area contributed by atoms with Gasteiger partial charge in [0.1, 0.15) is 0 Å². The third-order valence-electron chi connectivity index (χ3n) is 3.48. The maximum Gasteiger partial charge on any atom is 0.307 e. The van der Waals surface area contributed by atoms with E-state index in [4.69, 9.17) is 5.11 Å². The van der Waals surface area contributed by atoms with Crippen LogP contribution >= 0.6 is 11.3 Å². The largest absolute Gasteiger partial charge is 0.481 e. The average Bonchev–Trinajstić information content (AvgIpc) is 2.81. The smallest absolute Gasteiger partial charge is 0.307 e. The Kier molecular flexibility index (Phi) is 4.37. The van der Waals surface area contributed by atoms with E-state index < -0.39 is 17.8 Å². The SMILES string of the molecule is Cc1ccsc1CNC(=O)C1CC=CCC1C(=O)O. The van der Waals surface area contributed by atoms with Gasteiger partial charge in [0, 0.05) is 4.88 Å². The van der Waals surface area contributed by atoms with Crippen LogP contribution in [-0.2, 0) is 16.1 Å². The average molecular weight is 279 g/mol. The van der Waals surface area contributed by atoms with E-state index in [1.165, 1.54) is 0 Å². The van der Waals surface area contributed by atoms with E-state index >= 15 is 0 Å². The zero-order valence-electron chi connectivity index (χ0n) is 10.8. The number of carboxylic acid groups (broad SMARTS) is 1. The zero-order chi connectivity index (χ0) is 13.8. The minimum absolute atomic E-state index is 0.162. The second-order valence-electron chi connectivity index (χ2n) is 4.74. The molecule has 1 heterocycles. The van der Waals surface area contributed by atoms with E-state index in [1.807, 2.05) is 30.5 Å². The highest BCUT2D eigenvalue weighted by Gasteiger charge is 2.33. The number of hydrogen-bond acceptors (Lipinski definition) is 3. The number of carboxylic acids is 1. The highest BCUT2D eigenvalue weighted by molar-refractivity contribution is 7.10. The van der Waals surface area contributed by atoms with Gasteiger partial charge in [0.15, 0.2) is 0 Å². The van der Waals surface area contributed by atoms with Crippen molar-refractivity contribution in [3.05, 3.63) is 34.0 Å². The van der Waals surface area contributed by atoms with E-state index in [0.29, 0.717) is 19.4 Å². The van der Waals surface area contributed by atoms with Crippen molar-refractivity contribution in [2.75, 3.05) is 0 Å². The summed E-state index contributed by atoms with van der Waals surface area (Å²) in [4.78, 5) is 24.4. The second-order valence-corrected chi connectivity index (χ2v) is 5.74. The fraction of sp³-hybridized carbons (Fsp3) is 0.429. The Balaban J connectivity index is 1.97. The van der Waals surface area contributed by atoms with Gasteiger partial charge in [0.2, 0.25) is 5.91 Å². The van der Waals surface area contributed by atoms with Crippen LogP contribution in [-0.4, -0.2) is 17.0 Å². The molecule has 102 valence electrons. The molecule has 1 aliphatic carbocycles. The predicted molar refractivity (Wildman–Crippen MR) is 73.9 cm³/mol. The summed E-state index contributed by atoms with van der Waals surface area (Å²) in [7, 11) is 0. The fourth-order valence-corrected chi connectivity index (χ4v) is 3.11. The van der Waals surface area contributed by atoms with Crippen LogP contribution in [0, 0.1) is 18.8 Å². The van der Waals surface area contributed by atoms with Gasteiger partial charge in [0.05, 0.1) is 18.4 Å². The summed E-state index contributed by atoms with van der Waals surface area (Å²) < 4.78 is 0. The summed E-state index contributed by atoms with van der Waals surface area (Å²) in [5.41, 5.74) is 1.16. The van der Waals surface area contributed by atoms with E-state index in [9.17, 15) is 9.59 Å². The van der Waals surface area contributed by atoms with Gasteiger partial charge in [-0.2, -0.15) is 0 Å². The predicted octanol–water partition coefficient (Wildman–Crippen LogP) is 2.34. The first-order valence-corrected chi connectivity index (χ1v) is 7.16. The molecular formula is C14H17NO3S. The molecule has 5 heteroatoms. The molecule has 1 aromatic rings. The van der Waals surface area contributed by atoms with Crippen LogP contribution < -0.4 is 5.32 Å². The summed E-state index contributed by atoms with van der Waals surface area (Å²) in [5.74, 6) is -2.11. The molecule has 2 rings (SSSR count). The first-order valence-electron chi connectivity index (χ1n) is 6.28. The second kappa shape index (κ2) is 6.02. The number of amides is 1. The van der Waals surface area contributed by atoms with Gasteiger partial charge < -0.3 is 10.4 Å². The van der Waals surface area contributed by atoms with Crippen LogP contribution in [0.15, 0.2) is 23.6 Å². The van der Waals surface area contributed by atoms with Gasteiger partial charge in [-0.25, -0.2) is 0 Å². The van der Waals surface area contributed by atoms with Crippen molar-refractivity contribution in [3.63, 3.8) is 0 Å². The normalized spacial score (nSPS) is 22.2. The molecule has 0 saturated carbocycles. The van der Waals surface area contributed by atoms with Crippen LogP contribution in [0.5, 0.6) is 0 Å². The Morgan fingerprint density at radius 3 is 2.63 bits per heavy atom. The molecule has 0 radical (unpaired) electrons. The summed E-state index contributed by atoms with van der Waals surface area (Å²) in [5, 5.41) is 14.0. The standard InChI is InChI=1S/C14H17NO3S/c1-9-6-7-19-12(9)8-15-13(16)10-4-2-3-5-11(10)14(17)18/h2-3,6-7,10-11H,4-5,8H2,1H3,(H,15,16)(H,17,18). The van der Waals surface area contributed by atoms with Crippen LogP contribution in [0.3, 0.4) is 0 Å². The van der Waals surface area contributed by atoms with Crippen molar-refractivity contribution in [2.24, 2.45) is 11.8 Å². The molecule has 0 spiro atoms. The molecule has 1 amide bonds. The molecule has 2 unspecified atom stereocenters. The Morgan fingerprint density at radius 2 is 2.05 bits per heavy atom. The molecule has 1 aromatic heterocycles. The minimum Gasteiger partial charge on any atom is -0.481 e. The number of rotatable bonds is 4. The van der Waals surface area contributed by atoms with Gasteiger partial charge in [-0.05, 0) is 36.8 Å². The van der Waals surface area contributed by atoms with Crippen LogP contribution in [0.1, 0.15) is 23.3 Å². The zero-order valence-corrected chi connectivity index (χ0v) is 11.6. The molecule has 0 saturated heterocycles. The van der Waals surface area contributed by atoms with Gasteiger partial charge in [0.25, 0.3) is 0 Å². The minimum atomic E-state index is -0.892. The van der Waals surface area contributed by atoms with Crippen LogP contribution in [0.4, 0.5) is 0 Å². The van der Waals surface area contributed by atoms with Crippen molar-refractivity contribution in [3.8, 4) is 0 Å². The summed E-state index contributed by atoms with van der Waals surface area (Å²) in [6.07, 6.45) is 4.67. The number of aryl methyl sites for hydroxylation is 1. The number of nitrogens with one attached hydrogen (secondary N) is 1. The first-order chi connectivity index (χ1) is 9.09. The van der Waals surface area contributed by atoms with Crippen molar-refractivity contribution in [2.45, 2.75) is 26.3 Å². The lowest BCUT2D eigenvalue weighted by Gasteiger charge is -2.24. The maximum atomic E-state index is 12.1. The monoisotopic (exact) mass is 279 g/mol. The number of hydrogen-bond donors (Lipinski definition) is 2. The third kappa shape index (κ3) is 3.23. The Labute approximate surface area is 116 Å². The summed E-state index contributed by atoms with van der Waals surface area (Å²) in [6.45, 7) is 2.48. The highest BCUT2D eigenvalue weighted by atomic mass is 32.1. The number of aliphatic carboxylic acids is 1. The number of allylic oxidation sites excluding steroid dienone is 2. The Bertz CT molecular complexity index is 507. The number of carbonyl (C=O) groups is 2. The fourth-order valence-electron chi connectivity index (χ4n) is 2.26. The van der Waals surface area contributed by atoms with Crippen molar-refractivity contribution in [1.29, 1.82) is 0 Å². The van der Waals surface area contributed by atoms with E-state index in [1.54, 1.807) is 11.3 Å². The number of carbonyl (C=O) groups excluding carboxylic acids is 1. The number of thiophene rings is 1. The van der Waals surface area contributed by atoms with Crippen molar-refractivity contribution in [1.82, 2.24) is 5.32 Å². The lowest BCUT2D eigenvalue weighted by atomic mass is 9.82. The van der Waals surface area contributed by atoms with Crippen molar-refractivity contribution < 1.29 is 14.7 Å². The molecule has 0 bridgehead atoms. The van der Waals surface area contributed by atoms with E-state index in [-0.39, 0.29) is 5.91 Å². The molecule has 0 aliphatic heterocycles. The molecule has 4 nitrogen and oxygen atoms in total. The molecule has 2 N–H and O–H groups in total. The summed E-state index contributed by atoms with van der Waals surface area (Å²) >= 11 is 1.60. The van der Waals surface area contributed by atoms with Crippen LogP contribution in [0.25, 0.3) is 0 Å². The van der Waals surface area contributed by atoms with E-state index in [0.717, 1.165) is 10.4 Å². The van der Waals surface area contributed by atoms with Crippen LogP contribution in [0.2, 0.25) is 0 Å². The topological polar surface area (TPSA) is 66.4 Å². The third-order valence-corrected chi connectivity index (χ3v) is 4.50. The lowest BCUT2D eigenvalue weighted by Crippen LogP contribution is -2.38. The van der Waals surface area contributed by atoms with Gasteiger partial charge in [-0.15, -0.1) is 11.3 Å².